The first-order valence-corrected chi connectivity index (χ1v) is 10.1. The van der Waals surface area contributed by atoms with Gasteiger partial charge in [-0.05, 0) is 23.4 Å². The third-order valence-corrected chi connectivity index (χ3v) is 6.28. The van der Waals surface area contributed by atoms with Crippen LogP contribution < -0.4 is 5.32 Å². The third kappa shape index (κ3) is 3.68. The highest BCUT2D eigenvalue weighted by Crippen LogP contribution is 2.29. The Labute approximate surface area is 144 Å². The van der Waals surface area contributed by atoms with E-state index in [4.69, 9.17) is 4.74 Å². The van der Waals surface area contributed by atoms with Gasteiger partial charge in [0.2, 0.25) is 5.76 Å². The number of hydrogen-bond acceptors (Lipinski definition) is 5. The lowest BCUT2D eigenvalue weighted by atomic mass is 10.2. The number of ether oxygens (including phenoxy) is 1. The molecule has 1 aliphatic heterocycles. The molecule has 126 valence electrons. The maximum atomic E-state index is 12.4. The van der Waals surface area contributed by atoms with Crippen molar-refractivity contribution in [1.82, 2.24) is 5.32 Å². The molecule has 5 nitrogen and oxygen atoms in total. The van der Waals surface area contributed by atoms with Crippen LogP contribution in [0.5, 0.6) is 0 Å². The molecule has 0 atom stereocenters. The molecule has 2 aromatic rings. The number of carbonyl (C=O) groups is 1. The van der Waals surface area contributed by atoms with Crippen molar-refractivity contribution < 1.29 is 17.9 Å². The van der Waals surface area contributed by atoms with E-state index in [1.54, 1.807) is 41.7 Å². The molecule has 0 fully saturated rings. The average Bonchev–Trinajstić information content (AvgIpc) is 3.08. The van der Waals surface area contributed by atoms with E-state index in [0.717, 1.165) is 4.88 Å². The van der Waals surface area contributed by atoms with Crippen molar-refractivity contribution in [3.05, 3.63) is 64.0 Å². The highest BCUT2D eigenvalue weighted by atomic mass is 32.2. The van der Waals surface area contributed by atoms with Crippen LogP contribution in [0, 0.1) is 0 Å². The summed E-state index contributed by atoms with van der Waals surface area (Å²) in [5, 5.41) is 4.72. The molecule has 0 aliphatic carbocycles. The fraction of sp³-hybridized carbons (Fsp3) is 0.235. The fourth-order valence-electron chi connectivity index (χ4n) is 2.47. The topological polar surface area (TPSA) is 72.5 Å². The molecule has 0 unspecified atom stereocenters. The zero-order chi connectivity index (χ0) is 17.0. The number of thiophene rings is 1. The van der Waals surface area contributed by atoms with Gasteiger partial charge in [-0.3, -0.25) is 4.79 Å². The number of nitrogens with one attached hydrogen (secondary N) is 1. The number of benzene rings is 1. The molecule has 1 aromatic carbocycles. The Bertz CT molecular complexity index is 840. The van der Waals surface area contributed by atoms with Gasteiger partial charge in [0.05, 0.1) is 5.75 Å². The minimum Gasteiger partial charge on any atom is -0.486 e. The molecular formula is C17H17NO4S2. The maximum absolute atomic E-state index is 12.4. The molecule has 0 radical (unpaired) electrons. The number of hydrogen-bond donors (Lipinski definition) is 1. The van der Waals surface area contributed by atoms with E-state index in [-0.39, 0.29) is 23.0 Å². The number of carbonyl (C=O) groups excluding carboxylic acids is 1. The first-order valence-electron chi connectivity index (χ1n) is 7.54. The van der Waals surface area contributed by atoms with Gasteiger partial charge in [0.1, 0.15) is 11.5 Å². The summed E-state index contributed by atoms with van der Waals surface area (Å²) in [4.78, 5) is 13.6. The molecule has 1 amide bonds. The quantitative estimate of drug-likeness (QED) is 0.884. The van der Waals surface area contributed by atoms with Gasteiger partial charge in [-0.2, -0.15) is 0 Å². The number of sulfone groups is 1. The summed E-state index contributed by atoms with van der Waals surface area (Å²) in [6, 6.07) is 12.5. The molecule has 24 heavy (non-hydrogen) atoms. The Hall–Kier alpha value is -2.12. The Kier molecular flexibility index (Phi) is 5.01. The molecular weight excluding hydrogens is 346 g/mol. The minimum absolute atomic E-state index is 0.00759. The van der Waals surface area contributed by atoms with Crippen molar-refractivity contribution in [2.75, 3.05) is 18.9 Å². The number of amides is 1. The molecule has 1 aliphatic rings. The summed E-state index contributed by atoms with van der Waals surface area (Å²) in [5.74, 6) is -0.726. The van der Waals surface area contributed by atoms with Gasteiger partial charge in [0.25, 0.3) is 5.91 Å². The standard InChI is InChI=1S/C17H17NO4S2/c19-17(18-9-8-14-7-4-11-23-14)15-16(13-5-2-1-3-6-13)24(20,21)12-10-22-15/h1-7,11H,8-10,12H2,(H,18,19). The second-order valence-electron chi connectivity index (χ2n) is 5.28. The SMILES string of the molecule is O=C(NCCc1cccs1)C1=C(c2ccccc2)S(=O)(=O)CCO1. The van der Waals surface area contributed by atoms with Crippen molar-refractivity contribution in [2.45, 2.75) is 6.42 Å². The van der Waals surface area contributed by atoms with Crippen LogP contribution in [0.15, 0.2) is 53.6 Å². The van der Waals surface area contributed by atoms with E-state index in [0.29, 0.717) is 18.5 Å². The van der Waals surface area contributed by atoms with Crippen molar-refractivity contribution in [1.29, 1.82) is 0 Å². The van der Waals surface area contributed by atoms with Gasteiger partial charge in [-0.25, -0.2) is 8.42 Å². The van der Waals surface area contributed by atoms with Crippen LogP contribution in [0.1, 0.15) is 10.4 Å². The largest absolute Gasteiger partial charge is 0.486 e. The van der Waals surface area contributed by atoms with E-state index >= 15 is 0 Å². The molecule has 0 saturated carbocycles. The van der Waals surface area contributed by atoms with Crippen molar-refractivity contribution in [3.63, 3.8) is 0 Å². The second kappa shape index (κ2) is 7.19. The van der Waals surface area contributed by atoms with Crippen LogP contribution in [0.25, 0.3) is 4.91 Å². The van der Waals surface area contributed by atoms with E-state index < -0.39 is 15.7 Å². The highest BCUT2D eigenvalue weighted by molar-refractivity contribution is 8.00. The lowest BCUT2D eigenvalue weighted by Gasteiger charge is -2.21. The van der Waals surface area contributed by atoms with Crippen molar-refractivity contribution >= 4 is 32.0 Å². The lowest BCUT2D eigenvalue weighted by Crippen LogP contribution is -2.33. The monoisotopic (exact) mass is 363 g/mol. The minimum atomic E-state index is -3.54. The molecule has 0 bridgehead atoms. The van der Waals surface area contributed by atoms with Gasteiger partial charge in [0, 0.05) is 11.4 Å². The average molecular weight is 363 g/mol. The highest BCUT2D eigenvalue weighted by Gasteiger charge is 2.32. The maximum Gasteiger partial charge on any atom is 0.287 e. The fourth-order valence-corrected chi connectivity index (χ4v) is 4.61. The summed E-state index contributed by atoms with van der Waals surface area (Å²) in [5.41, 5.74) is 0.473. The number of rotatable bonds is 5. The Morgan fingerprint density at radius 3 is 2.67 bits per heavy atom. The van der Waals surface area contributed by atoms with E-state index in [9.17, 15) is 13.2 Å². The lowest BCUT2D eigenvalue weighted by molar-refractivity contribution is -0.120. The van der Waals surface area contributed by atoms with E-state index in [1.807, 2.05) is 17.5 Å². The first kappa shape index (κ1) is 16.7. The predicted octanol–water partition coefficient (Wildman–Crippen LogP) is 2.22. The zero-order valence-corrected chi connectivity index (χ0v) is 14.5. The van der Waals surface area contributed by atoms with Crippen LogP contribution in [0.3, 0.4) is 0 Å². The van der Waals surface area contributed by atoms with Gasteiger partial charge in [-0.1, -0.05) is 36.4 Å². The summed E-state index contributed by atoms with van der Waals surface area (Å²) >= 11 is 1.62. The molecule has 3 rings (SSSR count). The Balaban J connectivity index is 1.84. The molecule has 1 N–H and O–H groups in total. The third-order valence-electron chi connectivity index (χ3n) is 3.59. The molecule has 1 aromatic heterocycles. The first-order chi connectivity index (χ1) is 11.6. The van der Waals surface area contributed by atoms with Crippen molar-refractivity contribution in [3.8, 4) is 0 Å². The normalized spacial score (nSPS) is 16.5. The van der Waals surface area contributed by atoms with E-state index in [1.165, 1.54) is 0 Å². The smallest absolute Gasteiger partial charge is 0.287 e. The molecule has 7 heteroatoms. The van der Waals surface area contributed by atoms with Crippen molar-refractivity contribution in [2.24, 2.45) is 0 Å². The second-order valence-corrected chi connectivity index (χ2v) is 8.36. The van der Waals surface area contributed by atoms with Crippen LogP contribution in [0.4, 0.5) is 0 Å². The van der Waals surface area contributed by atoms with Gasteiger partial charge in [0.15, 0.2) is 9.84 Å². The van der Waals surface area contributed by atoms with Gasteiger partial charge < -0.3 is 10.1 Å². The van der Waals surface area contributed by atoms with Gasteiger partial charge >= 0.3 is 0 Å². The summed E-state index contributed by atoms with van der Waals surface area (Å²) < 4.78 is 30.3. The molecule has 0 saturated heterocycles. The van der Waals surface area contributed by atoms with Crippen LogP contribution in [-0.2, 0) is 25.8 Å². The van der Waals surface area contributed by atoms with Crippen LogP contribution in [0.2, 0.25) is 0 Å². The Morgan fingerprint density at radius 1 is 1.17 bits per heavy atom. The van der Waals surface area contributed by atoms with E-state index in [2.05, 4.69) is 5.32 Å². The summed E-state index contributed by atoms with van der Waals surface area (Å²) in [6.45, 7) is 0.417. The summed E-state index contributed by atoms with van der Waals surface area (Å²) in [7, 11) is -3.54. The molecule has 2 heterocycles. The summed E-state index contributed by atoms with van der Waals surface area (Å²) in [6.07, 6.45) is 0.699. The zero-order valence-electron chi connectivity index (χ0n) is 12.9. The van der Waals surface area contributed by atoms with Gasteiger partial charge in [-0.15, -0.1) is 11.3 Å². The Morgan fingerprint density at radius 2 is 1.96 bits per heavy atom. The molecule has 0 spiro atoms. The predicted molar refractivity (Wildman–Crippen MR) is 94.1 cm³/mol. The van der Waals surface area contributed by atoms with Crippen LogP contribution in [-0.4, -0.2) is 33.2 Å². The van der Waals surface area contributed by atoms with Crippen LogP contribution >= 0.6 is 11.3 Å².